The minimum atomic E-state index is 0.429. The van der Waals surface area contributed by atoms with Crippen molar-refractivity contribution in [2.45, 2.75) is 39.5 Å². The van der Waals surface area contributed by atoms with Gasteiger partial charge in [0.05, 0.1) is 11.4 Å². The van der Waals surface area contributed by atoms with Crippen LogP contribution in [-0.4, -0.2) is 0 Å². The van der Waals surface area contributed by atoms with Gasteiger partial charge in [0.15, 0.2) is 5.58 Å². The molecule has 0 aliphatic heterocycles. The Morgan fingerprint density at radius 1 is 0.157 bits per heavy atom. The molecule has 0 spiro atoms. The number of rotatable bonds is 15. The third-order valence-electron chi connectivity index (χ3n) is 28.4. The Hall–Kier alpha value is -18.3. The van der Waals surface area contributed by atoms with Gasteiger partial charge in [0.1, 0.15) is 83.7 Å². The van der Waals surface area contributed by atoms with Gasteiger partial charge in [-0.25, -0.2) is 0 Å². The molecule has 0 amide bonds. The Labute approximate surface area is 801 Å². The zero-order valence-electron chi connectivity index (χ0n) is 76.6. The van der Waals surface area contributed by atoms with Gasteiger partial charge in [-0.15, -0.1) is 0 Å². The van der Waals surface area contributed by atoms with Crippen molar-refractivity contribution >= 4 is 265 Å². The molecule has 0 fully saturated rings. The van der Waals surface area contributed by atoms with E-state index in [1.807, 2.05) is 60.7 Å². The molecule has 0 radical (unpaired) electrons. The largest absolute Gasteiger partial charge is 0.456 e. The monoisotopic (exact) mass is 1800 g/mol. The maximum Gasteiger partial charge on any atom is 0.159 e. The van der Waals surface area contributed by atoms with Crippen LogP contribution in [0.1, 0.15) is 50.7 Å². The first-order valence-corrected chi connectivity index (χ1v) is 47.7. The van der Waals surface area contributed by atoms with Crippen LogP contribution in [0, 0.1) is 0 Å². The van der Waals surface area contributed by atoms with Crippen LogP contribution in [-0.2, 0) is 0 Å². The molecule has 29 rings (SSSR count). The highest BCUT2D eigenvalue weighted by atomic mass is 16.4. The van der Waals surface area contributed by atoms with Gasteiger partial charge in [-0.1, -0.05) is 204 Å². The van der Waals surface area contributed by atoms with E-state index < -0.39 is 0 Å². The predicted molar refractivity (Wildman–Crippen MR) is 578 cm³/mol. The van der Waals surface area contributed by atoms with Gasteiger partial charge < -0.3 is 54.9 Å². The standard InChI is InChI=1S/C64H38N2O4.C64H46N2O4/c1-3-13-42(14-4-1)65(44-27-25-39(26-28-44)47-19-11-20-52-48-17-7-9-23-57(48)69-63(47)52)45-29-31-50-54-33-40-36-60-55(34-41(40)35-59(54)67-61(50)37-45)51-32-30-46(38-62(51)68-60)66(43-15-5-2-6-16-43)56-22-12-21-53-49-18-8-10-24-58(49)70-64(53)56;1-37(2)39-13-17-43(18-14-39)65(45-21-25-51-49-9-5-7-11-57(49)67-61(51)33-45)47-23-27-53-55-29-41-32-60-56(30-42(41)31-59(55)69-63(53)35-47)54-28-24-48(36-64(54)70-60)66(44-19-15-40(16-20-44)38(3)4)46-22-26-52-50-10-6-8-12-58(50)68-62(52)34-46/h1-38H;5-38H,1-4H3. The van der Waals surface area contributed by atoms with Gasteiger partial charge in [-0.2, -0.15) is 0 Å². The predicted octanol–water partition coefficient (Wildman–Crippen LogP) is 38.7. The fourth-order valence-electron chi connectivity index (χ4n) is 21.4. The fourth-order valence-corrected chi connectivity index (χ4v) is 21.4. The van der Waals surface area contributed by atoms with E-state index in [4.69, 9.17) is 35.3 Å². The molecule has 29 aromatic rings. The van der Waals surface area contributed by atoms with Gasteiger partial charge in [0.25, 0.3) is 0 Å². The van der Waals surface area contributed by atoms with Crippen LogP contribution in [0.2, 0.25) is 0 Å². The molecular formula is C128H84N4O8. The first-order valence-electron chi connectivity index (χ1n) is 47.7. The Bertz CT molecular complexity index is 9790. The summed E-state index contributed by atoms with van der Waals surface area (Å²) in [5, 5.41) is 21.6. The molecule has 8 heterocycles. The van der Waals surface area contributed by atoms with Crippen molar-refractivity contribution in [1.29, 1.82) is 0 Å². The minimum absolute atomic E-state index is 0.429. The second-order valence-corrected chi connectivity index (χ2v) is 37.4. The summed E-state index contributed by atoms with van der Waals surface area (Å²) in [6, 6.07) is 150. The van der Waals surface area contributed by atoms with E-state index in [1.54, 1.807) is 0 Å². The highest BCUT2D eigenvalue weighted by Crippen LogP contribution is 2.51. The molecule has 0 saturated carbocycles. The summed E-state index contributed by atoms with van der Waals surface area (Å²) in [6.07, 6.45) is 0. The van der Waals surface area contributed by atoms with Gasteiger partial charge in [-0.3, -0.25) is 0 Å². The van der Waals surface area contributed by atoms with Crippen molar-refractivity contribution in [2.24, 2.45) is 0 Å². The van der Waals surface area contributed by atoms with Gasteiger partial charge in [0.2, 0.25) is 0 Å². The molecule has 12 nitrogen and oxygen atoms in total. The Morgan fingerprint density at radius 3 is 0.764 bits per heavy atom. The molecule has 140 heavy (non-hydrogen) atoms. The Kier molecular flexibility index (Phi) is 18.2. The molecule has 0 aliphatic carbocycles. The highest BCUT2D eigenvalue weighted by molar-refractivity contribution is 6.20. The summed E-state index contributed by atoms with van der Waals surface area (Å²) in [5.41, 5.74) is 30.5. The van der Waals surface area contributed by atoms with Crippen LogP contribution in [0.3, 0.4) is 0 Å². The van der Waals surface area contributed by atoms with E-state index in [2.05, 4.69) is 411 Å². The van der Waals surface area contributed by atoms with Crippen LogP contribution in [0.25, 0.3) is 208 Å². The molecule has 664 valence electrons. The summed E-state index contributed by atoms with van der Waals surface area (Å²) in [7, 11) is 0. The second-order valence-electron chi connectivity index (χ2n) is 37.4. The number of hydrogen-bond donors (Lipinski definition) is 0. The fraction of sp³-hybridized carbons (Fsp3) is 0.0469. The lowest BCUT2D eigenvalue weighted by Crippen LogP contribution is -2.10. The van der Waals surface area contributed by atoms with Gasteiger partial charge in [0, 0.05) is 185 Å². The summed E-state index contributed by atoms with van der Waals surface area (Å²) in [6.45, 7) is 8.91. The normalized spacial score (nSPS) is 12.1. The topological polar surface area (TPSA) is 118 Å². The molecule has 8 aromatic heterocycles. The van der Waals surface area contributed by atoms with E-state index in [9.17, 15) is 0 Å². The Morgan fingerprint density at radius 2 is 0.400 bits per heavy atom. The second kappa shape index (κ2) is 31.7. The molecule has 0 aliphatic rings. The molecule has 12 heteroatoms. The Balaban J connectivity index is 0.000000137. The molecule has 0 bridgehead atoms. The van der Waals surface area contributed by atoms with Gasteiger partial charge >= 0.3 is 0 Å². The van der Waals surface area contributed by atoms with Crippen molar-refractivity contribution in [1.82, 2.24) is 0 Å². The van der Waals surface area contributed by atoms with E-state index in [1.165, 1.54) is 11.1 Å². The van der Waals surface area contributed by atoms with Crippen LogP contribution < -0.4 is 19.6 Å². The quantitative estimate of drug-likeness (QED) is 0.0972. The van der Waals surface area contributed by atoms with E-state index >= 15 is 0 Å². The molecule has 0 unspecified atom stereocenters. The maximum atomic E-state index is 6.77. The van der Waals surface area contributed by atoms with Crippen molar-refractivity contribution < 1.29 is 35.3 Å². The summed E-state index contributed by atoms with van der Waals surface area (Å²) in [5.74, 6) is 0.858. The number of fused-ring (bicyclic) bond motifs is 26. The molecule has 0 atom stereocenters. The summed E-state index contributed by atoms with van der Waals surface area (Å²) < 4.78 is 52.8. The SMILES string of the molecule is CC(C)c1ccc(N(c2ccc3c(c2)oc2ccccc23)c2ccc3c(c2)oc2cc4cc5c(cc4cc23)oc2cc(N(c3ccc(C(C)C)cc3)c3ccc4c(c3)oc3ccccc34)ccc25)cc1.c1ccc(N(c2ccc(-c3cccc4c3oc3ccccc34)cc2)c2ccc3c(c2)oc2cc4cc5c(cc4cc23)oc2cc(N(c3ccccc3)c3cccc4c3oc3ccccc34)ccc25)cc1. The summed E-state index contributed by atoms with van der Waals surface area (Å²) >= 11 is 0. The number of anilines is 12. The number of benzene rings is 21. The smallest absolute Gasteiger partial charge is 0.159 e. The average molecular weight is 1810 g/mol. The van der Waals surface area contributed by atoms with Crippen molar-refractivity contribution in [3.05, 3.63) is 436 Å². The first kappa shape index (κ1) is 80.2. The first-order chi connectivity index (χ1) is 68.9. The zero-order chi connectivity index (χ0) is 92.6. The average Bonchev–Trinajstić information content (AvgIpc) is 1.59. The third-order valence-corrected chi connectivity index (χ3v) is 28.4. The van der Waals surface area contributed by atoms with Gasteiger partial charge in [-0.05, 0) is 262 Å². The van der Waals surface area contributed by atoms with Crippen molar-refractivity contribution in [3.8, 4) is 11.1 Å². The van der Waals surface area contributed by atoms with E-state index in [-0.39, 0.29) is 0 Å². The molecule has 0 N–H and O–H groups in total. The lowest BCUT2D eigenvalue weighted by atomic mass is 10.0. The van der Waals surface area contributed by atoms with Crippen LogP contribution in [0.4, 0.5) is 68.2 Å². The van der Waals surface area contributed by atoms with Crippen molar-refractivity contribution in [2.75, 3.05) is 19.6 Å². The van der Waals surface area contributed by atoms with E-state index in [0.29, 0.717) is 11.8 Å². The van der Waals surface area contributed by atoms with Crippen LogP contribution in [0.15, 0.2) is 460 Å². The third kappa shape index (κ3) is 13.2. The molecule has 0 saturated heterocycles. The highest BCUT2D eigenvalue weighted by Gasteiger charge is 2.27. The van der Waals surface area contributed by atoms with Crippen LogP contribution in [0.5, 0.6) is 0 Å². The molecule has 21 aromatic carbocycles. The maximum absolute atomic E-state index is 6.77. The number of para-hydroxylation sites is 8. The number of nitrogens with zero attached hydrogens (tertiary/aromatic N) is 4. The lowest BCUT2D eigenvalue weighted by Gasteiger charge is -2.26. The zero-order valence-corrected chi connectivity index (χ0v) is 76.6. The van der Waals surface area contributed by atoms with Crippen molar-refractivity contribution in [3.63, 3.8) is 0 Å². The summed E-state index contributed by atoms with van der Waals surface area (Å²) in [4.78, 5) is 9.09. The van der Waals surface area contributed by atoms with E-state index in [0.717, 1.165) is 276 Å². The molecular weight excluding hydrogens is 1720 g/mol. The lowest BCUT2D eigenvalue weighted by molar-refractivity contribution is 0.667. The number of hydrogen-bond acceptors (Lipinski definition) is 12. The minimum Gasteiger partial charge on any atom is -0.456 e. The number of furan rings is 8. The van der Waals surface area contributed by atoms with Crippen LogP contribution >= 0.6 is 0 Å².